The lowest BCUT2D eigenvalue weighted by molar-refractivity contribution is 0.143. The second-order valence-electron chi connectivity index (χ2n) is 7.88. The summed E-state index contributed by atoms with van der Waals surface area (Å²) in [6, 6.07) is 8.93. The first-order valence-corrected chi connectivity index (χ1v) is 11.2. The van der Waals surface area contributed by atoms with Crippen LogP contribution in [0.4, 0.5) is 5.69 Å². The van der Waals surface area contributed by atoms with Crippen molar-refractivity contribution in [3.63, 3.8) is 0 Å². The summed E-state index contributed by atoms with van der Waals surface area (Å²) in [7, 11) is 0. The molecule has 0 unspecified atom stereocenters. The first kappa shape index (κ1) is 20.4. The van der Waals surface area contributed by atoms with Crippen molar-refractivity contribution >= 4 is 23.0 Å². The van der Waals surface area contributed by atoms with Crippen LogP contribution in [0.15, 0.2) is 24.3 Å². The van der Waals surface area contributed by atoms with Crippen LogP contribution in [-0.2, 0) is 0 Å². The predicted octanol–water partition coefficient (Wildman–Crippen LogP) is 4.95. The summed E-state index contributed by atoms with van der Waals surface area (Å²) in [6.45, 7) is 5.66. The molecule has 150 valence electrons. The number of nitrogens with one attached hydrogen (secondary N) is 2. The van der Waals surface area contributed by atoms with Crippen molar-refractivity contribution < 1.29 is 4.74 Å². The zero-order chi connectivity index (χ0) is 18.9. The van der Waals surface area contributed by atoms with E-state index in [0.717, 1.165) is 30.4 Å². The monoisotopic (exact) mass is 389 g/mol. The Labute approximate surface area is 170 Å². The molecule has 0 spiro atoms. The van der Waals surface area contributed by atoms with Crippen LogP contribution in [0.2, 0.25) is 0 Å². The van der Waals surface area contributed by atoms with Crippen LogP contribution in [0.5, 0.6) is 5.75 Å². The molecule has 5 heteroatoms. The van der Waals surface area contributed by atoms with Crippen molar-refractivity contribution in [2.45, 2.75) is 76.9 Å². The second-order valence-corrected chi connectivity index (χ2v) is 8.29. The van der Waals surface area contributed by atoms with Gasteiger partial charge in [0.05, 0.1) is 6.10 Å². The maximum absolute atomic E-state index is 6.01. The van der Waals surface area contributed by atoms with Gasteiger partial charge < -0.3 is 20.3 Å². The summed E-state index contributed by atoms with van der Waals surface area (Å²) < 4.78 is 6.01. The number of anilines is 1. The topological polar surface area (TPSA) is 36.5 Å². The number of thiocarbonyl (C=S) groups is 1. The van der Waals surface area contributed by atoms with Crippen molar-refractivity contribution in [2.75, 3.05) is 25.0 Å². The summed E-state index contributed by atoms with van der Waals surface area (Å²) in [5.41, 5.74) is 1.01. The highest BCUT2D eigenvalue weighted by Gasteiger charge is 2.19. The average molecular weight is 390 g/mol. The molecule has 27 heavy (non-hydrogen) atoms. The Morgan fingerprint density at radius 1 is 1.11 bits per heavy atom. The molecule has 0 amide bonds. The average Bonchev–Trinajstić information content (AvgIpc) is 3.20. The quantitative estimate of drug-likeness (QED) is 0.486. The molecule has 1 aromatic carbocycles. The van der Waals surface area contributed by atoms with E-state index >= 15 is 0 Å². The van der Waals surface area contributed by atoms with Crippen LogP contribution in [-0.4, -0.2) is 41.8 Å². The van der Waals surface area contributed by atoms with Crippen LogP contribution < -0.4 is 15.4 Å². The summed E-state index contributed by atoms with van der Waals surface area (Å²) in [4.78, 5) is 2.66. The number of rotatable bonds is 8. The van der Waals surface area contributed by atoms with Gasteiger partial charge in [-0.2, -0.15) is 0 Å². The van der Waals surface area contributed by atoms with Gasteiger partial charge in [0.1, 0.15) is 5.75 Å². The van der Waals surface area contributed by atoms with Gasteiger partial charge in [0, 0.05) is 24.8 Å². The Kier molecular flexibility index (Phi) is 8.21. The van der Waals surface area contributed by atoms with Gasteiger partial charge in [-0.1, -0.05) is 13.3 Å². The van der Waals surface area contributed by atoms with Gasteiger partial charge in [-0.05, 0) is 94.4 Å². The standard InChI is InChI=1S/C22H35N3OS/c1-2-19-8-5-6-16-25(19)17-7-15-23-22(27)24-18-11-13-21(14-12-18)26-20-9-3-4-10-20/h11-14,19-20H,2-10,15-17H2,1H3,(H2,23,24,27)/t19-/m0/s1. The first-order valence-electron chi connectivity index (χ1n) is 10.8. The molecule has 1 heterocycles. The van der Waals surface area contributed by atoms with Crippen molar-refractivity contribution in [3.8, 4) is 5.75 Å². The van der Waals surface area contributed by atoms with E-state index in [1.165, 1.54) is 64.5 Å². The molecule has 2 N–H and O–H groups in total. The third-order valence-electron chi connectivity index (χ3n) is 5.85. The summed E-state index contributed by atoms with van der Waals surface area (Å²) in [5, 5.41) is 7.31. The van der Waals surface area contributed by atoms with Crippen LogP contribution in [0.25, 0.3) is 0 Å². The third kappa shape index (κ3) is 6.65. The smallest absolute Gasteiger partial charge is 0.170 e. The van der Waals surface area contributed by atoms with Crippen LogP contribution >= 0.6 is 12.2 Å². The Morgan fingerprint density at radius 2 is 1.85 bits per heavy atom. The molecular formula is C22H35N3OS. The van der Waals surface area contributed by atoms with Crippen LogP contribution in [0.3, 0.4) is 0 Å². The minimum atomic E-state index is 0.402. The summed E-state index contributed by atoms with van der Waals surface area (Å²) in [6.07, 6.45) is 11.9. The number of hydrogen-bond acceptors (Lipinski definition) is 3. The van der Waals surface area contributed by atoms with Gasteiger partial charge in [-0.3, -0.25) is 0 Å². The Bertz CT molecular complexity index is 571. The largest absolute Gasteiger partial charge is 0.490 e. The molecule has 3 rings (SSSR count). The Hall–Kier alpha value is -1.33. The molecule has 1 aromatic rings. The van der Waals surface area contributed by atoms with Gasteiger partial charge in [-0.25, -0.2) is 0 Å². The minimum absolute atomic E-state index is 0.402. The van der Waals surface area contributed by atoms with Crippen molar-refractivity contribution in [2.24, 2.45) is 0 Å². The predicted molar refractivity (Wildman–Crippen MR) is 118 cm³/mol. The number of nitrogens with zero attached hydrogens (tertiary/aromatic N) is 1. The minimum Gasteiger partial charge on any atom is -0.490 e. The van der Waals surface area contributed by atoms with Gasteiger partial charge in [0.15, 0.2) is 5.11 Å². The number of likely N-dealkylation sites (tertiary alicyclic amines) is 1. The lowest BCUT2D eigenvalue weighted by atomic mass is 10.00. The maximum Gasteiger partial charge on any atom is 0.170 e. The van der Waals surface area contributed by atoms with E-state index < -0.39 is 0 Å². The van der Waals surface area contributed by atoms with E-state index in [1.807, 2.05) is 24.3 Å². The van der Waals surface area contributed by atoms with Gasteiger partial charge >= 0.3 is 0 Å². The number of piperidine rings is 1. The SMILES string of the molecule is CC[C@H]1CCCCN1CCCNC(=S)Nc1ccc(OC2CCCC2)cc1. The Morgan fingerprint density at radius 3 is 2.59 bits per heavy atom. The number of hydrogen-bond donors (Lipinski definition) is 2. The highest BCUT2D eigenvalue weighted by molar-refractivity contribution is 7.80. The normalized spacial score (nSPS) is 21.1. The van der Waals surface area contributed by atoms with E-state index in [2.05, 4.69) is 22.5 Å². The van der Waals surface area contributed by atoms with Gasteiger partial charge in [0.25, 0.3) is 0 Å². The van der Waals surface area contributed by atoms with E-state index in [-0.39, 0.29) is 0 Å². The molecular weight excluding hydrogens is 354 g/mol. The zero-order valence-electron chi connectivity index (χ0n) is 16.7. The number of ether oxygens (including phenoxy) is 1. The fourth-order valence-electron chi connectivity index (χ4n) is 4.29. The lowest BCUT2D eigenvalue weighted by Crippen LogP contribution is -2.40. The maximum atomic E-state index is 6.01. The molecule has 2 aliphatic rings. The molecule has 0 bridgehead atoms. The second kappa shape index (κ2) is 10.9. The van der Waals surface area contributed by atoms with E-state index in [1.54, 1.807) is 0 Å². The molecule has 1 atom stereocenters. The van der Waals surface area contributed by atoms with Crippen molar-refractivity contribution in [3.05, 3.63) is 24.3 Å². The fourth-order valence-corrected chi connectivity index (χ4v) is 4.51. The van der Waals surface area contributed by atoms with E-state index in [9.17, 15) is 0 Å². The van der Waals surface area contributed by atoms with Crippen molar-refractivity contribution in [1.29, 1.82) is 0 Å². The number of benzene rings is 1. The zero-order valence-corrected chi connectivity index (χ0v) is 17.5. The fraction of sp³-hybridized carbons (Fsp3) is 0.682. The molecule has 4 nitrogen and oxygen atoms in total. The third-order valence-corrected chi connectivity index (χ3v) is 6.09. The molecule has 2 fully saturated rings. The van der Waals surface area contributed by atoms with Crippen LogP contribution in [0.1, 0.15) is 64.7 Å². The highest BCUT2D eigenvalue weighted by atomic mass is 32.1. The van der Waals surface area contributed by atoms with Gasteiger partial charge in [-0.15, -0.1) is 0 Å². The summed E-state index contributed by atoms with van der Waals surface area (Å²) in [5.74, 6) is 0.957. The molecule has 0 aromatic heterocycles. The lowest BCUT2D eigenvalue weighted by Gasteiger charge is -2.35. The summed E-state index contributed by atoms with van der Waals surface area (Å²) >= 11 is 5.43. The van der Waals surface area contributed by atoms with Crippen LogP contribution in [0, 0.1) is 0 Å². The molecule has 1 saturated heterocycles. The van der Waals surface area contributed by atoms with Crippen molar-refractivity contribution in [1.82, 2.24) is 10.2 Å². The Balaban J connectivity index is 1.32. The molecule has 1 saturated carbocycles. The molecule has 1 aliphatic carbocycles. The molecule has 0 radical (unpaired) electrons. The van der Waals surface area contributed by atoms with E-state index in [4.69, 9.17) is 17.0 Å². The van der Waals surface area contributed by atoms with Gasteiger partial charge in [0.2, 0.25) is 0 Å². The molecule has 1 aliphatic heterocycles. The van der Waals surface area contributed by atoms with E-state index in [0.29, 0.717) is 11.2 Å². The highest BCUT2D eigenvalue weighted by Crippen LogP contribution is 2.25. The first-order chi connectivity index (χ1) is 13.2.